The number of rotatable bonds is 10. The molecule has 1 fully saturated rings. The highest BCUT2D eigenvalue weighted by Gasteiger charge is 2.17. The van der Waals surface area contributed by atoms with Crippen LogP contribution in [0.4, 0.5) is 0 Å². The number of piperidine rings is 1. The van der Waals surface area contributed by atoms with Crippen molar-refractivity contribution in [1.29, 1.82) is 0 Å². The van der Waals surface area contributed by atoms with Gasteiger partial charge in [-0.2, -0.15) is 0 Å². The summed E-state index contributed by atoms with van der Waals surface area (Å²) in [5.74, 6) is 0.665. The number of sulfonamides is 1. The van der Waals surface area contributed by atoms with Crippen LogP contribution in [0.3, 0.4) is 0 Å². The maximum atomic E-state index is 12.8. The van der Waals surface area contributed by atoms with Crippen LogP contribution in [0.15, 0.2) is 47.4 Å². The quantitative estimate of drug-likeness (QED) is 0.582. The summed E-state index contributed by atoms with van der Waals surface area (Å²) in [6.07, 6.45) is 3.77. The van der Waals surface area contributed by atoms with E-state index >= 15 is 0 Å². The fraction of sp³-hybridized carbons (Fsp3) is 0.478. The molecule has 0 amide bonds. The third-order valence-electron chi connectivity index (χ3n) is 5.42. The molecule has 1 heterocycles. The average Bonchev–Trinajstić information content (AvgIpc) is 2.75. The molecule has 1 aliphatic rings. The topological polar surface area (TPSA) is 67.9 Å². The first-order valence-corrected chi connectivity index (χ1v) is 12.0. The van der Waals surface area contributed by atoms with Gasteiger partial charge in [0, 0.05) is 20.2 Å². The third kappa shape index (κ3) is 6.28. The molecule has 3 rings (SSSR count). The third-order valence-corrected chi connectivity index (χ3v) is 6.81. The summed E-state index contributed by atoms with van der Waals surface area (Å²) >= 11 is 0. The molecule has 164 valence electrons. The minimum atomic E-state index is -3.62. The number of benzene rings is 2. The average molecular weight is 433 g/mol. The van der Waals surface area contributed by atoms with E-state index in [1.165, 1.54) is 24.8 Å². The Morgan fingerprint density at radius 2 is 1.73 bits per heavy atom. The van der Waals surface area contributed by atoms with Crippen LogP contribution in [0, 0.1) is 6.92 Å². The van der Waals surface area contributed by atoms with Gasteiger partial charge in [-0.25, -0.2) is 13.1 Å². The largest absolute Gasteiger partial charge is 0.491 e. The first-order chi connectivity index (χ1) is 14.5. The minimum absolute atomic E-state index is 0.243. The first kappa shape index (κ1) is 22.7. The number of hydrogen-bond acceptors (Lipinski definition) is 5. The van der Waals surface area contributed by atoms with Crippen LogP contribution in [-0.4, -0.2) is 46.7 Å². The molecule has 1 aliphatic heterocycles. The Kier molecular flexibility index (Phi) is 8.27. The lowest BCUT2D eigenvalue weighted by Crippen LogP contribution is -2.30. The van der Waals surface area contributed by atoms with Gasteiger partial charge in [-0.1, -0.05) is 30.7 Å². The minimum Gasteiger partial charge on any atom is -0.491 e. The molecule has 1 saturated heterocycles. The van der Waals surface area contributed by atoms with Crippen molar-refractivity contribution in [2.75, 3.05) is 33.4 Å². The zero-order valence-electron chi connectivity index (χ0n) is 17.9. The van der Waals surface area contributed by atoms with Gasteiger partial charge >= 0.3 is 0 Å². The second kappa shape index (κ2) is 10.9. The molecule has 0 saturated carbocycles. The maximum absolute atomic E-state index is 12.8. The van der Waals surface area contributed by atoms with Crippen LogP contribution in [0.5, 0.6) is 5.75 Å². The molecule has 0 aromatic heterocycles. The van der Waals surface area contributed by atoms with E-state index in [0.29, 0.717) is 19.0 Å². The number of hydrogen-bond donors (Lipinski definition) is 1. The molecule has 6 nitrogen and oxygen atoms in total. The molecule has 0 spiro atoms. The van der Waals surface area contributed by atoms with Gasteiger partial charge in [0.05, 0.1) is 11.5 Å². The molecule has 2 aromatic rings. The normalized spacial score (nSPS) is 15.3. The van der Waals surface area contributed by atoms with Gasteiger partial charge in [-0.3, -0.25) is 4.90 Å². The molecule has 30 heavy (non-hydrogen) atoms. The predicted octanol–water partition coefficient (Wildman–Crippen LogP) is 3.48. The predicted molar refractivity (Wildman–Crippen MR) is 118 cm³/mol. The van der Waals surface area contributed by atoms with Gasteiger partial charge in [0.1, 0.15) is 12.4 Å². The van der Waals surface area contributed by atoms with Crippen molar-refractivity contribution in [3.8, 4) is 5.75 Å². The molecule has 0 aliphatic carbocycles. The Balaban J connectivity index is 1.65. The summed E-state index contributed by atoms with van der Waals surface area (Å²) in [6, 6.07) is 13.0. The number of ether oxygens (including phenoxy) is 2. The van der Waals surface area contributed by atoms with Gasteiger partial charge in [-0.05, 0) is 67.7 Å². The van der Waals surface area contributed by atoms with E-state index in [4.69, 9.17) is 9.47 Å². The number of aryl methyl sites for hydroxylation is 1. The molecule has 0 radical (unpaired) electrons. The zero-order valence-corrected chi connectivity index (χ0v) is 18.7. The lowest BCUT2D eigenvalue weighted by molar-refractivity contribution is 0.146. The number of methoxy groups -OCH3 is 1. The molecule has 1 N–H and O–H groups in total. The van der Waals surface area contributed by atoms with Crippen molar-refractivity contribution >= 4 is 10.0 Å². The first-order valence-electron chi connectivity index (χ1n) is 10.5. The highest BCUT2D eigenvalue weighted by molar-refractivity contribution is 7.89. The lowest BCUT2D eigenvalue weighted by Gasteiger charge is -2.27. The second-order valence-corrected chi connectivity index (χ2v) is 9.47. The van der Waals surface area contributed by atoms with E-state index in [2.05, 4.69) is 15.7 Å². The van der Waals surface area contributed by atoms with Crippen molar-refractivity contribution in [3.05, 3.63) is 59.2 Å². The van der Waals surface area contributed by atoms with Crippen LogP contribution in [0.2, 0.25) is 0 Å². The summed E-state index contributed by atoms with van der Waals surface area (Å²) in [5.41, 5.74) is 2.97. The smallest absolute Gasteiger partial charge is 0.240 e. The van der Waals surface area contributed by atoms with Crippen LogP contribution in [0.25, 0.3) is 0 Å². The summed E-state index contributed by atoms with van der Waals surface area (Å²) in [4.78, 5) is 2.69. The molecular weight excluding hydrogens is 400 g/mol. The molecule has 0 atom stereocenters. The second-order valence-electron chi connectivity index (χ2n) is 7.70. The monoisotopic (exact) mass is 432 g/mol. The van der Waals surface area contributed by atoms with Crippen molar-refractivity contribution < 1.29 is 17.9 Å². The van der Waals surface area contributed by atoms with E-state index < -0.39 is 10.0 Å². The Morgan fingerprint density at radius 3 is 2.43 bits per heavy atom. The molecule has 2 aromatic carbocycles. The van der Waals surface area contributed by atoms with Gasteiger partial charge in [0.2, 0.25) is 10.0 Å². The summed E-state index contributed by atoms with van der Waals surface area (Å²) in [7, 11) is -2.00. The van der Waals surface area contributed by atoms with Crippen LogP contribution in [0.1, 0.15) is 36.0 Å². The van der Waals surface area contributed by atoms with E-state index in [1.807, 2.05) is 25.1 Å². The maximum Gasteiger partial charge on any atom is 0.240 e. The summed E-state index contributed by atoms with van der Waals surface area (Å²) in [6.45, 7) is 6.11. The number of likely N-dealkylation sites (tertiary alicyclic amines) is 1. The number of nitrogens with one attached hydrogen (secondary N) is 1. The Bertz CT molecular complexity index is 925. The Morgan fingerprint density at radius 1 is 1.00 bits per heavy atom. The summed E-state index contributed by atoms with van der Waals surface area (Å²) < 4.78 is 39.1. The van der Waals surface area contributed by atoms with Crippen molar-refractivity contribution in [2.24, 2.45) is 0 Å². The summed E-state index contributed by atoms with van der Waals surface area (Å²) in [5, 5.41) is 0. The van der Waals surface area contributed by atoms with Crippen molar-refractivity contribution in [1.82, 2.24) is 9.62 Å². The van der Waals surface area contributed by atoms with Crippen LogP contribution >= 0.6 is 0 Å². The van der Waals surface area contributed by atoms with E-state index in [0.717, 1.165) is 30.8 Å². The standard InChI is InChI=1S/C23H32N2O4S/c1-19-16-22(10-11-23(19)29-15-14-28-2)30(26,27)24-17-20-8-4-5-9-21(20)18-25-12-6-3-7-13-25/h4-5,8-11,16,24H,3,6-7,12-15,17-18H2,1-2H3. The molecule has 0 bridgehead atoms. The zero-order chi connectivity index (χ0) is 21.4. The van der Waals surface area contributed by atoms with Crippen molar-refractivity contribution in [3.63, 3.8) is 0 Å². The van der Waals surface area contributed by atoms with Crippen LogP contribution in [-0.2, 0) is 27.8 Å². The Hall–Kier alpha value is -1.93. The van der Waals surface area contributed by atoms with Crippen LogP contribution < -0.4 is 9.46 Å². The number of nitrogens with zero attached hydrogens (tertiary/aromatic N) is 1. The SMILES string of the molecule is COCCOc1ccc(S(=O)(=O)NCc2ccccc2CN2CCCCC2)cc1C. The van der Waals surface area contributed by atoms with Gasteiger partial charge < -0.3 is 9.47 Å². The van der Waals surface area contributed by atoms with E-state index in [9.17, 15) is 8.42 Å². The molecular formula is C23H32N2O4S. The van der Waals surface area contributed by atoms with Crippen molar-refractivity contribution in [2.45, 2.75) is 44.2 Å². The highest BCUT2D eigenvalue weighted by Crippen LogP contribution is 2.22. The van der Waals surface area contributed by atoms with Gasteiger partial charge in [0.15, 0.2) is 0 Å². The molecule has 0 unspecified atom stereocenters. The Labute approximate surface area is 180 Å². The van der Waals surface area contributed by atoms with Gasteiger partial charge in [-0.15, -0.1) is 0 Å². The van der Waals surface area contributed by atoms with Gasteiger partial charge in [0.25, 0.3) is 0 Å². The molecule has 7 heteroatoms. The fourth-order valence-corrected chi connectivity index (χ4v) is 4.78. The lowest BCUT2D eigenvalue weighted by atomic mass is 10.1. The van der Waals surface area contributed by atoms with E-state index in [-0.39, 0.29) is 11.4 Å². The highest BCUT2D eigenvalue weighted by atomic mass is 32.2. The fourth-order valence-electron chi connectivity index (χ4n) is 3.68. The van der Waals surface area contributed by atoms with E-state index in [1.54, 1.807) is 25.3 Å².